The van der Waals surface area contributed by atoms with Crippen LogP contribution in [0.5, 0.6) is 5.75 Å². The summed E-state index contributed by atoms with van der Waals surface area (Å²) >= 11 is 0. The van der Waals surface area contributed by atoms with Crippen molar-refractivity contribution in [1.82, 2.24) is 20.2 Å². The molecule has 26 heavy (non-hydrogen) atoms. The summed E-state index contributed by atoms with van der Waals surface area (Å²) in [4.78, 5) is 33.8. The minimum Gasteiger partial charge on any atom is -0.496 e. The van der Waals surface area contributed by atoms with Crippen LogP contribution >= 0.6 is 0 Å². The van der Waals surface area contributed by atoms with Gasteiger partial charge in [0.15, 0.2) is 0 Å². The number of ether oxygens (including phenoxy) is 2. The molecule has 138 valence electrons. The highest BCUT2D eigenvalue weighted by atomic mass is 16.5. The molecule has 0 saturated carbocycles. The lowest BCUT2D eigenvalue weighted by molar-refractivity contribution is -0.142. The van der Waals surface area contributed by atoms with Crippen molar-refractivity contribution in [2.45, 2.75) is 25.4 Å². The first-order chi connectivity index (χ1) is 12.6. The molecule has 8 heteroatoms. The van der Waals surface area contributed by atoms with E-state index in [-0.39, 0.29) is 6.03 Å². The van der Waals surface area contributed by atoms with E-state index < -0.39 is 18.1 Å². The SMILES string of the molecule is COC(=O)C(C)NC(=O)N1CCc2[nH]cnc2C1c1ccccc1OC. The molecule has 2 amide bonds. The first kappa shape index (κ1) is 17.8. The Morgan fingerprint density at radius 2 is 2.12 bits per heavy atom. The number of benzene rings is 1. The van der Waals surface area contributed by atoms with Crippen molar-refractivity contribution < 1.29 is 19.1 Å². The van der Waals surface area contributed by atoms with Crippen molar-refractivity contribution in [3.05, 3.63) is 47.5 Å². The summed E-state index contributed by atoms with van der Waals surface area (Å²) in [7, 11) is 2.89. The summed E-state index contributed by atoms with van der Waals surface area (Å²) in [6, 6.07) is 6.03. The summed E-state index contributed by atoms with van der Waals surface area (Å²) in [6.45, 7) is 2.07. The van der Waals surface area contributed by atoms with E-state index in [4.69, 9.17) is 4.74 Å². The van der Waals surface area contributed by atoms with E-state index in [9.17, 15) is 9.59 Å². The van der Waals surface area contributed by atoms with Crippen molar-refractivity contribution in [2.75, 3.05) is 20.8 Å². The van der Waals surface area contributed by atoms with E-state index in [0.717, 1.165) is 17.0 Å². The molecule has 0 spiro atoms. The Labute approximate surface area is 151 Å². The normalized spacial score (nSPS) is 17.2. The molecule has 0 bridgehead atoms. The quantitative estimate of drug-likeness (QED) is 0.810. The molecule has 8 nitrogen and oxygen atoms in total. The Balaban J connectivity index is 1.96. The zero-order chi connectivity index (χ0) is 18.7. The number of hydrogen-bond donors (Lipinski definition) is 2. The molecule has 2 unspecified atom stereocenters. The van der Waals surface area contributed by atoms with Crippen LogP contribution in [0.15, 0.2) is 30.6 Å². The van der Waals surface area contributed by atoms with E-state index >= 15 is 0 Å². The fourth-order valence-corrected chi connectivity index (χ4v) is 3.21. The Hall–Kier alpha value is -3.03. The highest BCUT2D eigenvalue weighted by Crippen LogP contribution is 2.37. The van der Waals surface area contributed by atoms with Gasteiger partial charge in [-0.3, -0.25) is 0 Å². The molecular weight excluding hydrogens is 336 g/mol. The maximum absolute atomic E-state index is 12.9. The molecule has 0 aliphatic carbocycles. The number of para-hydroxylation sites is 1. The van der Waals surface area contributed by atoms with E-state index in [1.54, 1.807) is 25.3 Å². The summed E-state index contributed by atoms with van der Waals surface area (Å²) in [5, 5.41) is 2.69. The number of esters is 1. The van der Waals surface area contributed by atoms with Gasteiger partial charge in [0.25, 0.3) is 0 Å². The van der Waals surface area contributed by atoms with Gasteiger partial charge in [0.05, 0.1) is 26.2 Å². The number of amides is 2. The minimum atomic E-state index is -0.744. The molecule has 0 saturated heterocycles. The molecule has 2 aromatic rings. The van der Waals surface area contributed by atoms with Gasteiger partial charge < -0.3 is 24.7 Å². The third kappa shape index (κ3) is 3.22. The van der Waals surface area contributed by atoms with Gasteiger partial charge in [-0.05, 0) is 13.0 Å². The average molecular weight is 358 g/mol. The zero-order valence-corrected chi connectivity index (χ0v) is 15.0. The molecule has 1 aromatic carbocycles. The number of carbonyl (C=O) groups excluding carboxylic acids is 2. The summed E-state index contributed by atoms with van der Waals surface area (Å²) in [5.41, 5.74) is 2.61. The highest BCUT2D eigenvalue weighted by Gasteiger charge is 2.36. The molecule has 2 atom stereocenters. The van der Waals surface area contributed by atoms with Gasteiger partial charge in [-0.15, -0.1) is 0 Å². The molecular formula is C18H22N4O4. The van der Waals surface area contributed by atoms with Gasteiger partial charge in [-0.25, -0.2) is 14.6 Å². The molecule has 3 rings (SSSR count). The third-order valence-electron chi connectivity index (χ3n) is 4.51. The molecule has 1 aliphatic heterocycles. The van der Waals surface area contributed by atoms with Crippen LogP contribution in [0.1, 0.15) is 29.9 Å². The van der Waals surface area contributed by atoms with Crippen molar-refractivity contribution in [3.63, 3.8) is 0 Å². The molecule has 1 aliphatic rings. The number of urea groups is 1. The van der Waals surface area contributed by atoms with Gasteiger partial charge >= 0.3 is 12.0 Å². The first-order valence-corrected chi connectivity index (χ1v) is 8.36. The number of hydrogen-bond acceptors (Lipinski definition) is 5. The molecule has 0 fully saturated rings. The Bertz CT molecular complexity index is 804. The second kappa shape index (κ2) is 7.47. The first-order valence-electron chi connectivity index (χ1n) is 8.36. The maximum atomic E-state index is 12.9. The number of methoxy groups -OCH3 is 2. The number of aromatic amines is 1. The van der Waals surface area contributed by atoms with Gasteiger partial charge in [-0.1, -0.05) is 18.2 Å². The maximum Gasteiger partial charge on any atom is 0.328 e. The van der Waals surface area contributed by atoms with Crippen molar-refractivity contribution in [2.24, 2.45) is 0 Å². The second-order valence-corrected chi connectivity index (χ2v) is 6.05. The monoisotopic (exact) mass is 358 g/mol. The van der Waals surface area contributed by atoms with Crippen molar-refractivity contribution in [3.8, 4) is 5.75 Å². The van der Waals surface area contributed by atoms with E-state index in [1.807, 2.05) is 24.3 Å². The smallest absolute Gasteiger partial charge is 0.328 e. The zero-order valence-electron chi connectivity index (χ0n) is 15.0. The van der Waals surface area contributed by atoms with Crippen molar-refractivity contribution >= 4 is 12.0 Å². The fourth-order valence-electron chi connectivity index (χ4n) is 3.21. The predicted octanol–water partition coefficient (Wildman–Crippen LogP) is 1.64. The minimum absolute atomic E-state index is 0.354. The number of imidazole rings is 1. The Morgan fingerprint density at radius 3 is 2.85 bits per heavy atom. The molecule has 0 radical (unpaired) electrons. The van der Waals surface area contributed by atoms with Crippen LogP contribution in [0.25, 0.3) is 0 Å². The van der Waals surface area contributed by atoms with Gasteiger partial charge in [0.1, 0.15) is 17.8 Å². The summed E-state index contributed by atoms with van der Waals surface area (Å²) in [6.07, 6.45) is 2.28. The molecule has 1 aromatic heterocycles. The number of H-pyrrole nitrogens is 1. The van der Waals surface area contributed by atoms with Crippen LogP contribution in [0, 0.1) is 0 Å². The van der Waals surface area contributed by atoms with Crippen LogP contribution < -0.4 is 10.1 Å². The van der Waals surface area contributed by atoms with Gasteiger partial charge in [0, 0.05) is 24.2 Å². The Morgan fingerprint density at radius 1 is 1.35 bits per heavy atom. The standard InChI is InChI=1S/C18H22N4O4/c1-11(17(23)26-3)21-18(24)22-9-8-13-15(20-10-19-13)16(22)12-6-4-5-7-14(12)25-2/h4-7,10-11,16H,8-9H2,1-3H3,(H,19,20)(H,21,24). The largest absolute Gasteiger partial charge is 0.496 e. The van der Waals surface area contributed by atoms with Crippen LogP contribution in [-0.2, 0) is 16.0 Å². The van der Waals surface area contributed by atoms with Gasteiger partial charge in [-0.2, -0.15) is 0 Å². The number of nitrogens with zero attached hydrogens (tertiary/aromatic N) is 2. The number of aromatic nitrogens is 2. The average Bonchev–Trinajstić information content (AvgIpc) is 3.15. The topological polar surface area (TPSA) is 96.6 Å². The van der Waals surface area contributed by atoms with Crippen molar-refractivity contribution in [1.29, 1.82) is 0 Å². The van der Waals surface area contributed by atoms with E-state index in [2.05, 4.69) is 20.0 Å². The Kier molecular flexibility index (Phi) is 5.11. The number of carbonyl (C=O) groups is 2. The van der Waals surface area contributed by atoms with E-state index in [1.165, 1.54) is 7.11 Å². The summed E-state index contributed by atoms with van der Waals surface area (Å²) < 4.78 is 10.2. The summed E-state index contributed by atoms with van der Waals surface area (Å²) in [5.74, 6) is 0.178. The predicted molar refractivity (Wildman–Crippen MR) is 93.8 cm³/mol. The fraction of sp³-hybridized carbons (Fsp3) is 0.389. The number of nitrogens with one attached hydrogen (secondary N) is 2. The van der Waals surface area contributed by atoms with Crippen LogP contribution in [0.2, 0.25) is 0 Å². The van der Waals surface area contributed by atoms with Crippen LogP contribution in [0.4, 0.5) is 4.79 Å². The molecule has 2 N–H and O–H groups in total. The van der Waals surface area contributed by atoms with Gasteiger partial charge in [0.2, 0.25) is 0 Å². The lowest BCUT2D eigenvalue weighted by Gasteiger charge is -2.36. The number of rotatable bonds is 4. The van der Waals surface area contributed by atoms with Crippen LogP contribution in [0.3, 0.4) is 0 Å². The molecule has 2 heterocycles. The second-order valence-electron chi connectivity index (χ2n) is 6.05. The third-order valence-corrected chi connectivity index (χ3v) is 4.51. The number of fused-ring (bicyclic) bond motifs is 1. The lowest BCUT2D eigenvalue weighted by Crippen LogP contribution is -2.50. The van der Waals surface area contributed by atoms with Crippen LogP contribution in [-0.4, -0.2) is 53.7 Å². The highest BCUT2D eigenvalue weighted by molar-refractivity contribution is 5.83. The lowest BCUT2D eigenvalue weighted by atomic mass is 9.95. The van der Waals surface area contributed by atoms with E-state index in [0.29, 0.717) is 18.7 Å².